The number of benzene rings is 1. The van der Waals surface area contributed by atoms with Crippen LogP contribution in [-0.4, -0.2) is 0 Å². The van der Waals surface area contributed by atoms with Crippen molar-refractivity contribution in [2.45, 2.75) is 2.83 Å². The summed E-state index contributed by atoms with van der Waals surface area (Å²) in [7, 11) is 0. The fourth-order valence-electron chi connectivity index (χ4n) is 0.608. The number of halogens is 3. The lowest BCUT2D eigenvalue weighted by Gasteiger charge is -1.99. The predicted octanol–water partition coefficient (Wildman–Crippen LogP) is 4.12. The van der Waals surface area contributed by atoms with Gasteiger partial charge < -0.3 is 0 Å². The van der Waals surface area contributed by atoms with E-state index in [1.165, 1.54) is 9.13 Å². The molecule has 1 unspecified atom stereocenters. The second-order valence-corrected chi connectivity index (χ2v) is 6.97. The molecule has 1 aromatic carbocycles. The van der Waals surface area contributed by atoms with E-state index in [4.69, 9.17) is 0 Å². The molecule has 0 aromatic heterocycles. The highest BCUT2D eigenvalue weighted by Crippen LogP contribution is 2.29. The summed E-state index contributed by atoms with van der Waals surface area (Å²) in [6, 6.07) is 8.49. The van der Waals surface area contributed by atoms with Gasteiger partial charge in [0.2, 0.25) is 0 Å². The van der Waals surface area contributed by atoms with E-state index in [-0.39, 0.29) is 0 Å². The molecule has 54 valence electrons. The maximum absolute atomic E-state index is 3.49. The van der Waals surface area contributed by atoms with E-state index >= 15 is 0 Å². The van der Waals surface area contributed by atoms with Gasteiger partial charge in [0.25, 0.3) is 0 Å². The lowest BCUT2D eigenvalue weighted by Crippen LogP contribution is -1.78. The maximum Gasteiger partial charge on any atom is 0.0910 e. The summed E-state index contributed by atoms with van der Waals surface area (Å²) in [5, 5.41) is 0. The minimum Gasteiger partial charge on any atom is -0.0722 e. The quantitative estimate of drug-likeness (QED) is 0.472. The van der Waals surface area contributed by atoms with Crippen LogP contribution >= 0.6 is 61.1 Å². The molecule has 1 atom stereocenters. The second kappa shape index (κ2) is 4.25. The fraction of sp³-hybridized carbons (Fsp3) is 0.143. The minimum absolute atomic E-state index is 0.432. The molecule has 0 spiro atoms. The molecule has 1 aromatic rings. The first-order valence-electron chi connectivity index (χ1n) is 2.74. The van der Waals surface area contributed by atoms with Crippen LogP contribution in [0.2, 0.25) is 0 Å². The van der Waals surface area contributed by atoms with Gasteiger partial charge in [-0.05, 0) is 40.3 Å². The van der Waals surface area contributed by atoms with E-state index in [2.05, 4.69) is 85.4 Å². The van der Waals surface area contributed by atoms with Gasteiger partial charge in [0.1, 0.15) is 0 Å². The van der Waals surface area contributed by atoms with Crippen LogP contribution < -0.4 is 0 Å². The molecule has 0 radical (unpaired) electrons. The Morgan fingerprint density at radius 1 is 1.20 bits per heavy atom. The monoisotopic (exact) mass is 422 g/mol. The van der Waals surface area contributed by atoms with Gasteiger partial charge in [-0.2, -0.15) is 0 Å². The first kappa shape index (κ1) is 9.25. The average molecular weight is 423 g/mol. The minimum atomic E-state index is 0.432. The van der Waals surface area contributed by atoms with Gasteiger partial charge in [0.15, 0.2) is 0 Å². The maximum atomic E-state index is 3.49. The van der Waals surface area contributed by atoms with E-state index in [9.17, 15) is 0 Å². The molecule has 3 heteroatoms. The third-order valence-electron chi connectivity index (χ3n) is 1.12. The zero-order chi connectivity index (χ0) is 7.56. The third kappa shape index (κ3) is 2.65. The van der Waals surface area contributed by atoms with Crippen molar-refractivity contribution in [1.29, 1.82) is 0 Å². The first-order chi connectivity index (χ1) is 4.70. The summed E-state index contributed by atoms with van der Waals surface area (Å²) in [6.07, 6.45) is 0. The smallest absolute Gasteiger partial charge is 0.0722 e. The largest absolute Gasteiger partial charge is 0.0910 e. The van der Waals surface area contributed by atoms with Gasteiger partial charge in [-0.15, -0.1) is 0 Å². The van der Waals surface area contributed by atoms with Crippen LogP contribution in [0.25, 0.3) is 0 Å². The van der Waals surface area contributed by atoms with E-state index < -0.39 is 0 Å². The Morgan fingerprint density at radius 3 is 2.10 bits per heavy atom. The van der Waals surface area contributed by atoms with Crippen molar-refractivity contribution in [2.24, 2.45) is 0 Å². The Labute approximate surface area is 96.2 Å². The Balaban J connectivity index is 2.89. The van der Waals surface area contributed by atoms with Crippen LogP contribution in [0.4, 0.5) is 0 Å². The molecule has 10 heavy (non-hydrogen) atoms. The molecule has 0 saturated heterocycles. The summed E-state index contributed by atoms with van der Waals surface area (Å²) < 4.78 is 1.72. The van der Waals surface area contributed by atoms with E-state index in [0.717, 1.165) is 0 Å². The van der Waals surface area contributed by atoms with Gasteiger partial charge in [0, 0.05) is 3.57 Å². The molecule has 0 fully saturated rings. The average Bonchev–Trinajstić information content (AvgIpc) is 1.88. The van der Waals surface area contributed by atoms with Crippen LogP contribution in [0.15, 0.2) is 24.3 Å². The van der Waals surface area contributed by atoms with Gasteiger partial charge in [-0.25, -0.2) is 0 Å². The Morgan fingerprint density at radius 2 is 1.70 bits per heavy atom. The normalized spacial score (nSPS) is 13.1. The molecular weight excluding hydrogens is 418 g/mol. The zero-order valence-electron chi connectivity index (χ0n) is 5.02. The summed E-state index contributed by atoms with van der Waals surface area (Å²) in [5.74, 6) is 0. The summed E-state index contributed by atoms with van der Waals surface area (Å²) in [6.45, 7) is 0. The van der Waals surface area contributed by atoms with Crippen LogP contribution in [0.5, 0.6) is 0 Å². The number of hydrogen-bond donors (Lipinski definition) is 0. The van der Waals surface area contributed by atoms with Gasteiger partial charge in [0.05, 0.1) is 2.83 Å². The van der Waals surface area contributed by atoms with Crippen molar-refractivity contribution >= 4 is 61.1 Å². The molecule has 0 nitrogen and oxygen atoms in total. The van der Waals surface area contributed by atoms with Crippen molar-refractivity contribution in [3.05, 3.63) is 33.4 Å². The Bertz CT molecular complexity index is 205. The molecule has 0 aliphatic heterocycles. The van der Waals surface area contributed by atoms with Crippen LogP contribution in [0, 0.1) is 3.57 Å². The SMILES string of the molecule is BrC(I)c1ccc(I)cc1. The van der Waals surface area contributed by atoms with Crippen molar-refractivity contribution < 1.29 is 0 Å². The highest BCUT2D eigenvalue weighted by atomic mass is 127. The van der Waals surface area contributed by atoms with Crippen molar-refractivity contribution in [3.8, 4) is 0 Å². The lowest BCUT2D eigenvalue weighted by molar-refractivity contribution is 1.43. The van der Waals surface area contributed by atoms with Crippen molar-refractivity contribution in [1.82, 2.24) is 0 Å². The van der Waals surface area contributed by atoms with Crippen LogP contribution in [0.1, 0.15) is 8.40 Å². The van der Waals surface area contributed by atoms with Gasteiger partial charge in [-0.3, -0.25) is 0 Å². The molecule has 0 bridgehead atoms. The predicted molar refractivity (Wildman–Crippen MR) is 64.8 cm³/mol. The van der Waals surface area contributed by atoms with Gasteiger partial charge in [-0.1, -0.05) is 50.7 Å². The first-order valence-corrected chi connectivity index (χ1v) is 5.98. The molecule has 1 rings (SSSR count). The summed E-state index contributed by atoms with van der Waals surface area (Å²) in [5.41, 5.74) is 1.32. The molecular formula is C7H5BrI2. The molecule has 0 aliphatic rings. The molecule has 0 amide bonds. The van der Waals surface area contributed by atoms with E-state index in [1.54, 1.807) is 0 Å². The summed E-state index contributed by atoms with van der Waals surface area (Å²) in [4.78, 5) is 0. The highest BCUT2D eigenvalue weighted by molar-refractivity contribution is 14.1. The third-order valence-corrected chi connectivity index (χ3v) is 3.09. The second-order valence-electron chi connectivity index (χ2n) is 1.85. The molecule has 0 heterocycles. The zero-order valence-corrected chi connectivity index (χ0v) is 10.9. The Hall–Kier alpha value is 1.16. The van der Waals surface area contributed by atoms with Crippen LogP contribution in [0.3, 0.4) is 0 Å². The number of hydrogen-bond acceptors (Lipinski definition) is 0. The molecule has 0 N–H and O–H groups in total. The number of alkyl halides is 2. The van der Waals surface area contributed by atoms with E-state index in [0.29, 0.717) is 2.83 Å². The fourth-order valence-corrected chi connectivity index (χ4v) is 1.69. The van der Waals surface area contributed by atoms with Crippen molar-refractivity contribution in [3.63, 3.8) is 0 Å². The molecule has 0 saturated carbocycles. The standard InChI is InChI=1S/C7H5BrI2/c8-7(10)5-1-3-6(9)4-2-5/h1-4,7H. The lowest BCUT2D eigenvalue weighted by atomic mass is 10.2. The van der Waals surface area contributed by atoms with Gasteiger partial charge >= 0.3 is 0 Å². The van der Waals surface area contributed by atoms with Crippen LogP contribution in [-0.2, 0) is 0 Å². The number of rotatable bonds is 1. The van der Waals surface area contributed by atoms with E-state index in [1.807, 2.05) is 0 Å². The summed E-state index contributed by atoms with van der Waals surface area (Å²) >= 11 is 8.13. The Kier molecular flexibility index (Phi) is 3.93. The highest BCUT2D eigenvalue weighted by Gasteiger charge is 1.99. The topological polar surface area (TPSA) is 0 Å². The van der Waals surface area contributed by atoms with Crippen molar-refractivity contribution in [2.75, 3.05) is 0 Å². The molecule has 0 aliphatic carbocycles.